The maximum Gasteiger partial charge on any atom is 0.226 e. The van der Waals surface area contributed by atoms with Gasteiger partial charge in [-0.2, -0.15) is 9.97 Å². The average molecular weight is 400 g/mol. The van der Waals surface area contributed by atoms with E-state index in [4.69, 9.17) is 4.74 Å². The van der Waals surface area contributed by atoms with E-state index in [9.17, 15) is 10.2 Å². The molecule has 2 heterocycles. The van der Waals surface area contributed by atoms with Crippen molar-refractivity contribution in [2.45, 2.75) is 45.4 Å². The van der Waals surface area contributed by atoms with Gasteiger partial charge in [-0.25, -0.2) is 4.98 Å². The first-order chi connectivity index (χ1) is 13.7. The Balaban J connectivity index is 1.87. The van der Waals surface area contributed by atoms with Crippen LogP contribution in [-0.2, 0) is 13.6 Å². The number of nitrogens with one attached hydrogen (secondary N) is 2. The maximum absolute atomic E-state index is 10.1. The largest absolute Gasteiger partial charge is 0.508 e. The quantitative estimate of drug-likeness (QED) is 0.456. The number of phenols is 1. The van der Waals surface area contributed by atoms with Gasteiger partial charge in [0.05, 0.1) is 19.0 Å². The first kappa shape index (κ1) is 20.7. The van der Waals surface area contributed by atoms with E-state index in [1.54, 1.807) is 45.5 Å². The molecule has 1 unspecified atom stereocenters. The van der Waals surface area contributed by atoms with Crippen LogP contribution in [0.5, 0.6) is 11.5 Å². The van der Waals surface area contributed by atoms with Crippen LogP contribution in [0.15, 0.2) is 24.5 Å². The van der Waals surface area contributed by atoms with Crippen molar-refractivity contribution in [2.24, 2.45) is 7.05 Å². The van der Waals surface area contributed by atoms with E-state index in [1.165, 1.54) is 0 Å². The van der Waals surface area contributed by atoms with Crippen LogP contribution in [0, 0.1) is 0 Å². The van der Waals surface area contributed by atoms with E-state index in [2.05, 4.69) is 25.6 Å². The number of ether oxygens (including phenoxy) is 1. The molecule has 0 radical (unpaired) electrons. The van der Waals surface area contributed by atoms with Gasteiger partial charge in [-0.1, -0.05) is 0 Å². The molecule has 1 aromatic carbocycles. The van der Waals surface area contributed by atoms with Crippen LogP contribution in [0.1, 0.15) is 32.8 Å². The summed E-state index contributed by atoms with van der Waals surface area (Å²) in [6, 6.07) is 5.03. The monoisotopic (exact) mass is 400 g/mol. The summed E-state index contributed by atoms with van der Waals surface area (Å²) in [5, 5.41) is 26.6. The van der Waals surface area contributed by atoms with Crippen LogP contribution in [-0.4, -0.2) is 48.5 Å². The number of rotatable bonds is 8. The number of fused-ring (bicyclic) bond motifs is 1. The lowest BCUT2D eigenvalue weighted by Gasteiger charge is -2.23. The van der Waals surface area contributed by atoms with Crippen molar-refractivity contribution in [3.05, 3.63) is 30.1 Å². The molecular formula is C20H28N6O3. The minimum Gasteiger partial charge on any atom is -0.508 e. The molecule has 3 rings (SSSR count). The highest BCUT2D eigenvalue weighted by Gasteiger charge is 2.19. The second kappa shape index (κ2) is 8.12. The van der Waals surface area contributed by atoms with Crippen LogP contribution in [0.2, 0.25) is 0 Å². The normalized spacial score (nSPS) is 12.8. The van der Waals surface area contributed by atoms with Crippen molar-refractivity contribution < 1.29 is 14.9 Å². The topological polar surface area (TPSA) is 117 Å². The molecule has 9 heteroatoms. The third-order valence-corrected chi connectivity index (χ3v) is 4.47. The number of aromatic nitrogens is 4. The van der Waals surface area contributed by atoms with Gasteiger partial charge < -0.3 is 30.2 Å². The number of methoxy groups -OCH3 is 1. The van der Waals surface area contributed by atoms with E-state index < -0.39 is 5.60 Å². The molecule has 0 aliphatic rings. The van der Waals surface area contributed by atoms with E-state index in [0.29, 0.717) is 47.2 Å². The summed E-state index contributed by atoms with van der Waals surface area (Å²) in [4.78, 5) is 13.5. The molecule has 29 heavy (non-hydrogen) atoms. The minimum atomic E-state index is -0.798. The summed E-state index contributed by atoms with van der Waals surface area (Å²) in [6.45, 7) is 5.84. The Morgan fingerprint density at radius 2 is 2.03 bits per heavy atom. The predicted octanol–water partition coefficient (Wildman–Crippen LogP) is 2.65. The second-order valence-corrected chi connectivity index (χ2v) is 7.83. The van der Waals surface area contributed by atoms with E-state index in [-0.39, 0.29) is 11.8 Å². The van der Waals surface area contributed by atoms with E-state index in [0.717, 1.165) is 0 Å². The molecule has 3 aromatic rings. The summed E-state index contributed by atoms with van der Waals surface area (Å²) >= 11 is 0. The fourth-order valence-corrected chi connectivity index (χ4v) is 3.22. The number of imidazole rings is 1. The standard InChI is InChI=1S/C20H28N6O3/c1-12(9-20(2,3)28)23-19-24-17(16-18(25-19)26(4)11-22-16)21-10-13-8-14(29-5)6-7-15(13)27/h6-8,11-12,27-28H,9-10H2,1-5H3,(H2,21,23,24,25). The van der Waals surface area contributed by atoms with Gasteiger partial charge in [0, 0.05) is 25.2 Å². The Labute approximate surface area is 169 Å². The zero-order valence-corrected chi connectivity index (χ0v) is 17.4. The van der Waals surface area contributed by atoms with Crippen molar-refractivity contribution in [1.29, 1.82) is 0 Å². The van der Waals surface area contributed by atoms with Crippen molar-refractivity contribution in [3.8, 4) is 11.5 Å². The van der Waals surface area contributed by atoms with Gasteiger partial charge in [0.25, 0.3) is 0 Å². The van der Waals surface area contributed by atoms with Crippen LogP contribution in [0.4, 0.5) is 11.8 Å². The molecule has 4 N–H and O–H groups in total. The number of hydrogen-bond acceptors (Lipinski definition) is 8. The SMILES string of the molecule is COc1ccc(O)c(CNc2nc(NC(C)CC(C)(C)O)nc3c2ncn3C)c1. The van der Waals surface area contributed by atoms with E-state index >= 15 is 0 Å². The lowest BCUT2D eigenvalue weighted by Crippen LogP contribution is -2.29. The molecule has 156 valence electrons. The lowest BCUT2D eigenvalue weighted by atomic mass is 10.0. The van der Waals surface area contributed by atoms with Crippen molar-refractivity contribution in [3.63, 3.8) is 0 Å². The Morgan fingerprint density at radius 3 is 2.72 bits per heavy atom. The molecule has 0 bridgehead atoms. The Morgan fingerprint density at radius 1 is 1.28 bits per heavy atom. The predicted molar refractivity (Wildman–Crippen MR) is 112 cm³/mol. The van der Waals surface area contributed by atoms with Crippen LogP contribution < -0.4 is 15.4 Å². The number of anilines is 2. The summed E-state index contributed by atoms with van der Waals surface area (Å²) in [7, 11) is 3.45. The van der Waals surface area contributed by atoms with Crippen molar-refractivity contribution in [1.82, 2.24) is 19.5 Å². The molecule has 0 saturated carbocycles. The zero-order valence-electron chi connectivity index (χ0n) is 17.4. The van der Waals surface area contributed by atoms with Gasteiger partial charge in [0.15, 0.2) is 17.0 Å². The highest BCUT2D eigenvalue weighted by Crippen LogP contribution is 2.26. The first-order valence-electron chi connectivity index (χ1n) is 9.44. The van der Waals surface area contributed by atoms with Crippen LogP contribution >= 0.6 is 0 Å². The molecular weight excluding hydrogens is 372 g/mol. The van der Waals surface area contributed by atoms with Crippen LogP contribution in [0.3, 0.4) is 0 Å². The highest BCUT2D eigenvalue weighted by atomic mass is 16.5. The molecule has 0 aliphatic heterocycles. The maximum atomic E-state index is 10.1. The summed E-state index contributed by atoms with van der Waals surface area (Å²) in [5.41, 5.74) is 1.19. The lowest BCUT2D eigenvalue weighted by molar-refractivity contribution is 0.0672. The van der Waals surface area contributed by atoms with Gasteiger partial charge in [-0.05, 0) is 45.4 Å². The number of phenolic OH excluding ortho intramolecular Hbond substituents is 1. The highest BCUT2D eigenvalue weighted by molar-refractivity contribution is 5.84. The van der Waals surface area contributed by atoms with Crippen molar-refractivity contribution in [2.75, 3.05) is 17.7 Å². The molecule has 0 amide bonds. The third-order valence-electron chi connectivity index (χ3n) is 4.47. The smallest absolute Gasteiger partial charge is 0.226 e. The number of aromatic hydroxyl groups is 1. The van der Waals surface area contributed by atoms with Gasteiger partial charge in [0.2, 0.25) is 5.95 Å². The summed E-state index contributed by atoms with van der Waals surface area (Å²) in [6.07, 6.45) is 2.22. The van der Waals surface area contributed by atoms with Gasteiger partial charge in [-0.15, -0.1) is 0 Å². The molecule has 0 aliphatic carbocycles. The fourth-order valence-electron chi connectivity index (χ4n) is 3.22. The van der Waals surface area contributed by atoms with Crippen LogP contribution in [0.25, 0.3) is 11.2 Å². The number of aryl methyl sites for hydroxylation is 1. The Bertz CT molecular complexity index is 996. The molecule has 0 saturated heterocycles. The number of hydrogen-bond donors (Lipinski definition) is 4. The molecule has 9 nitrogen and oxygen atoms in total. The number of aliphatic hydroxyl groups is 1. The average Bonchev–Trinajstić information content (AvgIpc) is 3.00. The van der Waals surface area contributed by atoms with Crippen molar-refractivity contribution >= 4 is 22.9 Å². The third kappa shape index (κ3) is 5.05. The molecule has 0 fully saturated rings. The Hall–Kier alpha value is -3.07. The van der Waals surface area contributed by atoms with Gasteiger partial charge in [-0.3, -0.25) is 0 Å². The zero-order chi connectivity index (χ0) is 21.2. The number of benzene rings is 1. The molecule has 1 atom stereocenters. The summed E-state index contributed by atoms with van der Waals surface area (Å²) in [5.74, 6) is 1.82. The Kier molecular flexibility index (Phi) is 5.78. The molecule has 2 aromatic heterocycles. The van der Waals surface area contributed by atoms with Gasteiger partial charge in [0.1, 0.15) is 11.5 Å². The first-order valence-corrected chi connectivity index (χ1v) is 9.44. The minimum absolute atomic E-state index is 0.0315. The number of nitrogens with zero attached hydrogens (tertiary/aromatic N) is 4. The fraction of sp³-hybridized carbons (Fsp3) is 0.450. The van der Waals surface area contributed by atoms with Gasteiger partial charge >= 0.3 is 0 Å². The second-order valence-electron chi connectivity index (χ2n) is 7.83. The van der Waals surface area contributed by atoms with E-state index in [1.807, 2.05) is 18.5 Å². The summed E-state index contributed by atoms with van der Waals surface area (Å²) < 4.78 is 7.04. The molecule has 0 spiro atoms.